The Labute approximate surface area is 142 Å². The van der Waals surface area contributed by atoms with E-state index < -0.39 is 5.91 Å². The van der Waals surface area contributed by atoms with E-state index in [4.69, 9.17) is 9.47 Å². The molecule has 1 aliphatic rings. The highest BCUT2D eigenvalue weighted by molar-refractivity contribution is 5.91. The van der Waals surface area contributed by atoms with Crippen LogP contribution in [0.4, 0.5) is 0 Å². The van der Waals surface area contributed by atoms with Crippen molar-refractivity contribution in [1.29, 1.82) is 0 Å². The number of rotatable bonds is 3. The molecule has 9 heteroatoms. The maximum Gasteiger partial charge on any atom is 0.311 e. The standard InChI is InChI=1S/C16H14N6O3/c1-9-5-10(2)22-16(18-9)19-14(21-22)15(23)20-17-7-11-3-4-12-13(6-11)25-8-24-12/h3-7H,8H2,1-2H3,(H,20,23)/b17-7-. The highest BCUT2D eigenvalue weighted by atomic mass is 16.7. The number of hydrogen-bond acceptors (Lipinski definition) is 7. The van der Waals surface area contributed by atoms with Crippen LogP contribution in [-0.4, -0.2) is 38.5 Å². The number of aromatic nitrogens is 4. The molecule has 9 nitrogen and oxygen atoms in total. The number of aryl methyl sites for hydroxylation is 2. The molecule has 0 aliphatic carbocycles. The van der Waals surface area contributed by atoms with E-state index in [1.54, 1.807) is 12.1 Å². The maximum absolute atomic E-state index is 12.2. The minimum atomic E-state index is -0.514. The van der Waals surface area contributed by atoms with E-state index in [1.165, 1.54) is 10.7 Å². The number of carbonyl (C=O) groups excluding carboxylic acids is 1. The topological polar surface area (TPSA) is 103 Å². The molecule has 1 N–H and O–H groups in total. The van der Waals surface area contributed by atoms with Crippen molar-refractivity contribution in [3.8, 4) is 11.5 Å². The molecule has 2 aromatic heterocycles. The van der Waals surface area contributed by atoms with Crippen molar-refractivity contribution >= 4 is 17.9 Å². The first-order chi connectivity index (χ1) is 12.1. The van der Waals surface area contributed by atoms with E-state index in [9.17, 15) is 4.79 Å². The number of hydrazone groups is 1. The van der Waals surface area contributed by atoms with Crippen molar-refractivity contribution in [1.82, 2.24) is 25.0 Å². The summed E-state index contributed by atoms with van der Waals surface area (Å²) in [5, 5.41) is 8.07. The third-order valence-electron chi connectivity index (χ3n) is 3.60. The van der Waals surface area contributed by atoms with Gasteiger partial charge in [-0.25, -0.2) is 14.9 Å². The van der Waals surface area contributed by atoms with E-state index in [1.807, 2.05) is 26.0 Å². The van der Waals surface area contributed by atoms with Crippen LogP contribution in [-0.2, 0) is 0 Å². The molecule has 0 radical (unpaired) electrons. The second-order valence-corrected chi connectivity index (χ2v) is 5.50. The zero-order valence-corrected chi connectivity index (χ0v) is 13.6. The fourth-order valence-electron chi connectivity index (χ4n) is 2.47. The number of ether oxygens (including phenoxy) is 2. The van der Waals surface area contributed by atoms with Crippen LogP contribution in [0.25, 0.3) is 5.78 Å². The van der Waals surface area contributed by atoms with Crippen molar-refractivity contribution < 1.29 is 14.3 Å². The summed E-state index contributed by atoms with van der Waals surface area (Å²) in [5.41, 5.74) is 4.82. The molecule has 0 saturated carbocycles. The molecule has 0 unspecified atom stereocenters. The molecule has 126 valence electrons. The summed E-state index contributed by atoms with van der Waals surface area (Å²) in [6.07, 6.45) is 1.50. The molecule has 25 heavy (non-hydrogen) atoms. The van der Waals surface area contributed by atoms with Crippen molar-refractivity contribution in [2.75, 3.05) is 6.79 Å². The van der Waals surface area contributed by atoms with Crippen LogP contribution >= 0.6 is 0 Å². The van der Waals surface area contributed by atoms with Gasteiger partial charge in [-0.1, -0.05) is 0 Å². The predicted octanol–water partition coefficient (Wildman–Crippen LogP) is 1.23. The number of nitrogens with zero attached hydrogens (tertiary/aromatic N) is 5. The quantitative estimate of drug-likeness (QED) is 0.569. The summed E-state index contributed by atoms with van der Waals surface area (Å²) in [5.74, 6) is 1.20. The van der Waals surface area contributed by atoms with Gasteiger partial charge < -0.3 is 9.47 Å². The molecule has 3 aromatic rings. The van der Waals surface area contributed by atoms with Crippen molar-refractivity contribution in [2.24, 2.45) is 5.10 Å². The molecule has 3 heterocycles. The lowest BCUT2D eigenvalue weighted by atomic mass is 10.2. The Kier molecular flexibility index (Phi) is 3.53. The molecule has 0 fully saturated rings. The smallest absolute Gasteiger partial charge is 0.311 e. The predicted molar refractivity (Wildman–Crippen MR) is 87.9 cm³/mol. The van der Waals surface area contributed by atoms with Gasteiger partial charge in [-0.2, -0.15) is 10.1 Å². The zero-order chi connectivity index (χ0) is 17.4. The van der Waals surface area contributed by atoms with Gasteiger partial charge in [0.05, 0.1) is 6.21 Å². The lowest BCUT2D eigenvalue weighted by molar-refractivity contribution is 0.0945. The number of fused-ring (bicyclic) bond motifs is 2. The van der Waals surface area contributed by atoms with Gasteiger partial charge >= 0.3 is 5.91 Å². The highest BCUT2D eigenvalue weighted by Crippen LogP contribution is 2.31. The molecule has 1 aliphatic heterocycles. The number of benzene rings is 1. The summed E-state index contributed by atoms with van der Waals surface area (Å²) < 4.78 is 12.0. The Morgan fingerprint density at radius 2 is 2.08 bits per heavy atom. The van der Waals surface area contributed by atoms with Crippen LogP contribution < -0.4 is 14.9 Å². The average Bonchev–Trinajstić information content (AvgIpc) is 3.20. The van der Waals surface area contributed by atoms with Gasteiger partial charge in [0.2, 0.25) is 12.6 Å². The fraction of sp³-hybridized carbons (Fsp3) is 0.188. The van der Waals surface area contributed by atoms with Gasteiger partial charge in [-0.3, -0.25) is 4.79 Å². The SMILES string of the molecule is Cc1cc(C)n2nc(C(=O)N/N=C\c3ccc4c(c3)OCO4)nc2n1. The van der Waals surface area contributed by atoms with Crippen molar-refractivity contribution in [2.45, 2.75) is 13.8 Å². The van der Waals surface area contributed by atoms with E-state index in [2.05, 4.69) is 25.6 Å². The van der Waals surface area contributed by atoms with Crippen LogP contribution in [0.5, 0.6) is 11.5 Å². The Morgan fingerprint density at radius 3 is 2.96 bits per heavy atom. The molecule has 0 bridgehead atoms. The molecule has 0 atom stereocenters. The minimum Gasteiger partial charge on any atom is -0.454 e. The second-order valence-electron chi connectivity index (χ2n) is 5.50. The Morgan fingerprint density at radius 1 is 1.24 bits per heavy atom. The highest BCUT2D eigenvalue weighted by Gasteiger charge is 2.15. The summed E-state index contributed by atoms with van der Waals surface area (Å²) >= 11 is 0. The first kappa shape index (κ1) is 15.1. The summed E-state index contributed by atoms with van der Waals surface area (Å²) in [6, 6.07) is 7.23. The lowest BCUT2D eigenvalue weighted by Gasteiger charge is -1.98. The molecule has 0 saturated heterocycles. The van der Waals surface area contributed by atoms with Crippen LogP contribution in [0.1, 0.15) is 27.6 Å². The summed E-state index contributed by atoms with van der Waals surface area (Å²) in [6.45, 7) is 3.94. The van der Waals surface area contributed by atoms with E-state index in [0.29, 0.717) is 17.3 Å². The number of carbonyl (C=O) groups is 1. The summed E-state index contributed by atoms with van der Waals surface area (Å²) in [7, 11) is 0. The van der Waals surface area contributed by atoms with Crippen molar-refractivity contribution in [3.63, 3.8) is 0 Å². The minimum absolute atomic E-state index is 0.00374. The first-order valence-electron chi connectivity index (χ1n) is 7.54. The maximum atomic E-state index is 12.2. The van der Waals surface area contributed by atoms with Crippen LogP contribution in [0, 0.1) is 13.8 Å². The van der Waals surface area contributed by atoms with Crippen LogP contribution in [0.15, 0.2) is 29.4 Å². The van der Waals surface area contributed by atoms with E-state index >= 15 is 0 Å². The Bertz CT molecular complexity index is 1010. The van der Waals surface area contributed by atoms with Crippen LogP contribution in [0.2, 0.25) is 0 Å². The molecule has 1 amide bonds. The van der Waals surface area contributed by atoms with E-state index in [-0.39, 0.29) is 12.6 Å². The lowest BCUT2D eigenvalue weighted by Crippen LogP contribution is -2.19. The molecular formula is C16H14N6O3. The molecule has 0 spiro atoms. The van der Waals surface area contributed by atoms with E-state index in [0.717, 1.165) is 17.0 Å². The zero-order valence-electron chi connectivity index (χ0n) is 13.6. The van der Waals surface area contributed by atoms with Gasteiger partial charge in [-0.15, -0.1) is 5.10 Å². The van der Waals surface area contributed by atoms with Gasteiger partial charge in [0, 0.05) is 11.4 Å². The number of nitrogens with one attached hydrogen (secondary N) is 1. The van der Waals surface area contributed by atoms with Gasteiger partial charge in [0.25, 0.3) is 5.78 Å². The molecule has 1 aromatic carbocycles. The average molecular weight is 338 g/mol. The normalized spacial score (nSPS) is 12.9. The molecular weight excluding hydrogens is 324 g/mol. The largest absolute Gasteiger partial charge is 0.454 e. The van der Waals surface area contributed by atoms with Gasteiger partial charge in [0.15, 0.2) is 11.5 Å². The molecule has 4 rings (SSSR count). The van der Waals surface area contributed by atoms with Gasteiger partial charge in [-0.05, 0) is 43.7 Å². The van der Waals surface area contributed by atoms with Crippen molar-refractivity contribution in [3.05, 3.63) is 47.0 Å². The Hall–Kier alpha value is -3.49. The monoisotopic (exact) mass is 338 g/mol. The Balaban J connectivity index is 1.49. The van der Waals surface area contributed by atoms with Gasteiger partial charge in [0.1, 0.15) is 0 Å². The van der Waals surface area contributed by atoms with Crippen LogP contribution in [0.3, 0.4) is 0 Å². The fourth-order valence-corrected chi connectivity index (χ4v) is 2.47. The summed E-state index contributed by atoms with van der Waals surface area (Å²) in [4.78, 5) is 20.5. The first-order valence-corrected chi connectivity index (χ1v) is 7.54. The third kappa shape index (κ3) is 2.87. The second kappa shape index (κ2) is 5.86. The number of hydrogen-bond donors (Lipinski definition) is 1. The third-order valence-corrected chi connectivity index (χ3v) is 3.60. The number of amides is 1.